The first kappa shape index (κ1) is 11.7. The maximum Gasteiger partial charge on any atom is 0.201 e. The Morgan fingerprint density at radius 3 is 2.74 bits per heavy atom. The van der Waals surface area contributed by atoms with Crippen LogP contribution in [0.25, 0.3) is 11.0 Å². The molecular formula is C15H16N4. The fraction of sp³-hybridized carbons (Fsp3) is 0.200. The lowest BCUT2D eigenvalue weighted by molar-refractivity contribution is 0.725. The van der Waals surface area contributed by atoms with Gasteiger partial charge >= 0.3 is 0 Å². The number of hydrogen-bond donors (Lipinski definition) is 1. The second-order valence-electron chi connectivity index (χ2n) is 4.72. The molecule has 0 aliphatic rings. The van der Waals surface area contributed by atoms with Gasteiger partial charge < -0.3 is 10.3 Å². The van der Waals surface area contributed by atoms with Gasteiger partial charge in [0.2, 0.25) is 5.95 Å². The van der Waals surface area contributed by atoms with Crippen LogP contribution in [0.5, 0.6) is 0 Å². The molecular weight excluding hydrogens is 236 g/mol. The molecule has 0 radical (unpaired) electrons. The van der Waals surface area contributed by atoms with Crippen LogP contribution in [0.15, 0.2) is 42.7 Å². The molecule has 0 aliphatic heterocycles. The Balaban J connectivity index is 1.92. The van der Waals surface area contributed by atoms with Gasteiger partial charge in [-0.15, -0.1) is 0 Å². The third-order valence-electron chi connectivity index (χ3n) is 3.31. The van der Waals surface area contributed by atoms with E-state index in [0.717, 1.165) is 24.0 Å². The van der Waals surface area contributed by atoms with Crippen LogP contribution in [-0.4, -0.2) is 14.5 Å². The van der Waals surface area contributed by atoms with Crippen LogP contribution in [0.3, 0.4) is 0 Å². The zero-order valence-electron chi connectivity index (χ0n) is 10.9. The van der Waals surface area contributed by atoms with Crippen molar-refractivity contribution in [3.63, 3.8) is 0 Å². The molecule has 0 aliphatic carbocycles. The first-order valence-corrected chi connectivity index (χ1v) is 6.35. The summed E-state index contributed by atoms with van der Waals surface area (Å²) < 4.78 is 2.07. The van der Waals surface area contributed by atoms with Crippen molar-refractivity contribution in [2.24, 2.45) is 0 Å². The van der Waals surface area contributed by atoms with Crippen molar-refractivity contribution >= 4 is 17.0 Å². The molecule has 0 saturated carbocycles. The average Bonchev–Trinajstić information content (AvgIpc) is 2.73. The van der Waals surface area contributed by atoms with E-state index in [2.05, 4.69) is 33.6 Å². The number of hydrogen-bond acceptors (Lipinski definition) is 3. The summed E-state index contributed by atoms with van der Waals surface area (Å²) in [4.78, 5) is 8.42. The fourth-order valence-electron chi connectivity index (χ4n) is 2.28. The van der Waals surface area contributed by atoms with Crippen molar-refractivity contribution in [1.82, 2.24) is 14.5 Å². The molecule has 3 aromatic rings. The number of rotatable bonds is 3. The van der Waals surface area contributed by atoms with Crippen molar-refractivity contribution in [3.8, 4) is 0 Å². The molecule has 2 N–H and O–H groups in total. The zero-order valence-corrected chi connectivity index (χ0v) is 10.9. The van der Waals surface area contributed by atoms with Crippen LogP contribution in [0.1, 0.15) is 11.1 Å². The molecule has 0 unspecified atom stereocenters. The lowest BCUT2D eigenvalue weighted by Gasteiger charge is -2.06. The molecule has 4 heteroatoms. The predicted molar refractivity (Wildman–Crippen MR) is 76.8 cm³/mol. The van der Waals surface area contributed by atoms with Crippen molar-refractivity contribution in [3.05, 3.63) is 53.9 Å². The molecule has 4 nitrogen and oxygen atoms in total. The number of nitrogens with two attached hydrogens (primary N) is 1. The van der Waals surface area contributed by atoms with Gasteiger partial charge in [0.15, 0.2) is 0 Å². The van der Waals surface area contributed by atoms with Crippen LogP contribution in [0.4, 0.5) is 5.95 Å². The van der Waals surface area contributed by atoms with Gasteiger partial charge in [-0.3, -0.25) is 4.98 Å². The van der Waals surface area contributed by atoms with E-state index in [1.165, 1.54) is 11.1 Å². The van der Waals surface area contributed by atoms with Crippen LogP contribution >= 0.6 is 0 Å². The Kier molecular flexibility index (Phi) is 2.91. The van der Waals surface area contributed by atoms with Gasteiger partial charge in [-0.25, -0.2) is 4.98 Å². The lowest BCUT2D eigenvalue weighted by Crippen LogP contribution is -2.05. The second-order valence-corrected chi connectivity index (χ2v) is 4.72. The number of aromatic nitrogens is 3. The number of aryl methyl sites for hydroxylation is 3. The van der Waals surface area contributed by atoms with Gasteiger partial charge in [-0.1, -0.05) is 6.07 Å². The van der Waals surface area contributed by atoms with E-state index in [9.17, 15) is 0 Å². The minimum atomic E-state index is 0.578. The Hall–Kier alpha value is -2.36. The summed E-state index contributed by atoms with van der Waals surface area (Å²) in [6, 6.07) is 10.3. The van der Waals surface area contributed by atoms with Crippen molar-refractivity contribution in [2.45, 2.75) is 19.9 Å². The van der Waals surface area contributed by atoms with E-state index < -0.39 is 0 Å². The number of nitrogen functional groups attached to an aromatic ring is 1. The lowest BCUT2D eigenvalue weighted by atomic mass is 10.2. The van der Waals surface area contributed by atoms with Crippen LogP contribution in [0.2, 0.25) is 0 Å². The summed E-state index contributed by atoms with van der Waals surface area (Å²) in [5.41, 5.74) is 10.5. The predicted octanol–water partition coefficient (Wildman–Crippen LogP) is 2.56. The molecule has 96 valence electrons. The van der Waals surface area contributed by atoms with Gasteiger partial charge in [-0.2, -0.15) is 0 Å². The highest BCUT2D eigenvalue weighted by Crippen LogP contribution is 2.19. The van der Waals surface area contributed by atoms with Crippen molar-refractivity contribution < 1.29 is 0 Å². The summed E-state index contributed by atoms with van der Waals surface area (Å²) >= 11 is 0. The normalized spacial score (nSPS) is 11.0. The summed E-state index contributed by atoms with van der Waals surface area (Å²) in [6.07, 6.45) is 4.55. The van der Waals surface area contributed by atoms with E-state index >= 15 is 0 Å². The highest BCUT2D eigenvalue weighted by atomic mass is 15.1. The number of imidazole rings is 1. The molecule has 0 atom stereocenters. The molecule has 3 rings (SSSR count). The Morgan fingerprint density at radius 2 is 1.95 bits per heavy atom. The Morgan fingerprint density at radius 1 is 1.16 bits per heavy atom. The first-order chi connectivity index (χ1) is 9.24. The first-order valence-electron chi connectivity index (χ1n) is 6.35. The number of anilines is 1. The highest BCUT2D eigenvalue weighted by Gasteiger charge is 2.07. The van der Waals surface area contributed by atoms with Gasteiger partial charge in [0, 0.05) is 18.9 Å². The van der Waals surface area contributed by atoms with Crippen molar-refractivity contribution in [1.29, 1.82) is 0 Å². The van der Waals surface area contributed by atoms with E-state index in [1.807, 2.05) is 30.6 Å². The molecule has 2 aromatic heterocycles. The van der Waals surface area contributed by atoms with Gasteiger partial charge in [0.05, 0.1) is 11.0 Å². The smallest absolute Gasteiger partial charge is 0.201 e. The van der Waals surface area contributed by atoms with Crippen molar-refractivity contribution in [2.75, 3.05) is 5.73 Å². The molecule has 0 spiro atoms. The van der Waals surface area contributed by atoms with Crippen LogP contribution < -0.4 is 5.73 Å². The summed E-state index contributed by atoms with van der Waals surface area (Å²) in [7, 11) is 0. The third-order valence-corrected chi connectivity index (χ3v) is 3.31. The number of pyridine rings is 1. The summed E-state index contributed by atoms with van der Waals surface area (Å²) in [5.74, 6) is 0.578. The highest BCUT2D eigenvalue weighted by molar-refractivity contribution is 5.79. The molecule has 0 fully saturated rings. The topological polar surface area (TPSA) is 56.7 Å². The summed E-state index contributed by atoms with van der Waals surface area (Å²) in [6.45, 7) is 2.91. The fourth-order valence-corrected chi connectivity index (χ4v) is 2.28. The quantitative estimate of drug-likeness (QED) is 0.779. The van der Waals surface area contributed by atoms with E-state index in [1.54, 1.807) is 0 Å². The molecule has 2 heterocycles. The molecule has 0 amide bonds. The Bertz CT molecular complexity index is 701. The Labute approximate surface area is 111 Å². The summed E-state index contributed by atoms with van der Waals surface area (Å²) in [5, 5.41) is 0. The van der Waals surface area contributed by atoms with E-state index in [-0.39, 0.29) is 0 Å². The van der Waals surface area contributed by atoms with Gasteiger partial charge in [0.1, 0.15) is 0 Å². The van der Waals surface area contributed by atoms with Gasteiger partial charge in [0.25, 0.3) is 0 Å². The SMILES string of the molecule is Cc1ccc2nc(N)n(CCc3ccncc3)c2c1. The number of fused-ring (bicyclic) bond motifs is 1. The minimum Gasteiger partial charge on any atom is -0.369 e. The molecule has 0 saturated heterocycles. The minimum absolute atomic E-state index is 0.578. The molecule has 1 aromatic carbocycles. The third kappa shape index (κ3) is 2.29. The van der Waals surface area contributed by atoms with Gasteiger partial charge in [-0.05, 0) is 48.7 Å². The monoisotopic (exact) mass is 252 g/mol. The maximum atomic E-state index is 6.01. The standard InChI is InChI=1S/C15H16N4/c1-11-2-3-13-14(10-11)19(15(16)18-13)9-6-12-4-7-17-8-5-12/h2-5,7-8,10H,6,9H2,1H3,(H2,16,18). The van der Waals surface area contributed by atoms with Crippen LogP contribution in [0, 0.1) is 6.92 Å². The maximum absolute atomic E-state index is 6.01. The second kappa shape index (κ2) is 4.72. The average molecular weight is 252 g/mol. The number of benzene rings is 1. The largest absolute Gasteiger partial charge is 0.369 e. The van der Waals surface area contributed by atoms with E-state index in [4.69, 9.17) is 5.73 Å². The van der Waals surface area contributed by atoms with E-state index in [0.29, 0.717) is 5.95 Å². The zero-order chi connectivity index (χ0) is 13.2. The number of nitrogens with zero attached hydrogens (tertiary/aromatic N) is 3. The molecule has 19 heavy (non-hydrogen) atoms. The molecule has 0 bridgehead atoms. The van der Waals surface area contributed by atoms with Crippen LogP contribution in [-0.2, 0) is 13.0 Å².